The minimum Gasteiger partial charge on any atom is -0.378 e. The van der Waals surface area contributed by atoms with Gasteiger partial charge in [0.1, 0.15) is 0 Å². The fraction of sp³-hybridized carbons (Fsp3) is 0.167. The van der Waals surface area contributed by atoms with Crippen LogP contribution in [-0.2, 0) is 16.6 Å². The Morgan fingerprint density at radius 1 is 1.00 bits per heavy atom. The van der Waals surface area contributed by atoms with Crippen molar-refractivity contribution in [3.8, 4) is 0 Å². The van der Waals surface area contributed by atoms with Crippen LogP contribution in [0.4, 0.5) is 11.4 Å². The van der Waals surface area contributed by atoms with Crippen molar-refractivity contribution in [3.05, 3.63) is 94.5 Å². The highest BCUT2D eigenvalue weighted by Crippen LogP contribution is 2.24. The van der Waals surface area contributed by atoms with Crippen LogP contribution in [0.2, 0.25) is 5.02 Å². The van der Waals surface area contributed by atoms with Gasteiger partial charge in [0.15, 0.2) is 0 Å². The van der Waals surface area contributed by atoms with Gasteiger partial charge in [0.25, 0.3) is 5.91 Å². The van der Waals surface area contributed by atoms with Crippen LogP contribution in [0, 0.1) is 0 Å². The number of hydrogen-bond acceptors (Lipinski definition) is 5. The lowest BCUT2D eigenvalue weighted by molar-refractivity contribution is 0.0955. The summed E-state index contributed by atoms with van der Waals surface area (Å²) < 4.78 is 25.9. The highest BCUT2D eigenvalue weighted by atomic mass is 35.5. The molecule has 0 radical (unpaired) electrons. The molecule has 7 nitrogen and oxygen atoms in total. The third kappa shape index (κ3) is 6.81. The Balaban J connectivity index is 1.65. The number of amides is 1. The SMILES string of the molecule is CN(C)c1ccc(/C=N\NC(=O)c2ccc(CN(c3cccc(Cl)c3)S(C)(=O)=O)cc2)cc1. The summed E-state index contributed by atoms with van der Waals surface area (Å²) in [5.74, 6) is -0.363. The summed E-state index contributed by atoms with van der Waals surface area (Å²) in [5, 5.41) is 4.45. The fourth-order valence-electron chi connectivity index (χ4n) is 3.05. The lowest BCUT2D eigenvalue weighted by Crippen LogP contribution is -2.29. The number of nitrogens with one attached hydrogen (secondary N) is 1. The molecule has 0 aromatic heterocycles. The summed E-state index contributed by atoms with van der Waals surface area (Å²) in [6, 6.07) is 21.1. The molecule has 0 fully saturated rings. The number of carbonyl (C=O) groups excluding carboxylic acids is 1. The van der Waals surface area contributed by atoms with Gasteiger partial charge in [-0.05, 0) is 53.6 Å². The Kier molecular flexibility index (Phi) is 7.73. The first-order valence-electron chi connectivity index (χ1n) is 10.1. The molecular formula is C24H25ClN4O3S. The number of halogens is 1. The van der Waals surface area contributed by atoms with Crippen molar-refractivity contribution in [2.45, 2.75) is 6.54 Å². The molecular weight excluding hydrogens is 460 g/mol. The standard InChI is InChI=1S/C24H25ClN4O3S/c1-28(2)22-13-9-18(10-14-22)16-26-27-24(30)20-11-7-19(8-12-20)17-29(33(3,31)32)23-6-4-5-21(25)15-23/h4-16H,17H2,1-3H3,(H,27,30)/b26-16-. The van der Waals surface area contributed by atoms with Gasteiger partial charge in [0.05, 0.1) is 24.7 Å². The molecule has 0 spiro atoms. The molecule has 172 valence electrons. The quantitative estimate of drug-likeness (QED) is 0.385. The largest absolute Gasteiger partial charge is 0.378 e. The van der Waals surface area contributed by atoms with E-state index < -0.39 is 10.0 Å². The summed E-state index contributed by atoms with van der Waals surface area (Å²) in [6.45, 7) is 0.113. The second-order valence-electron chi connectivity index (χ2n) is 7.63. The van der Waals surface area contributed by atoms with Gasteiger partial charge in [-0.15, -0.1) is 0 Å². The van der Waals surface area contributed by atoms with Crippen molar-refractivity contribution < 1.29 is 13.2 Å². The maximum absolute atomic E-state index is 12.4. The van der Waals surface area contributed by atoms with E-state index in [1.807, 2.05) is 43.3 Å². The summed E-state index contributed by atoms with van der Waals surface area (Å²) in [5.41, 5.74) is 6.04. The third-order valence-corrected chi connectivity index (χ3v) is 6.20. The number of sulfonamides is 1. The zero-order valence-electron chi connectivity index (χ0n) is 18.6. The minimum atomic E-state index is -3.53. The van der Waals surface area contributed by atoms with Crippen molar-refractivity contribution in [3.63, 3.8) is 0 Å². The van der Waals surface area contributed by atoms with E-state index in [0.717, 1.165) is 23.1 Å². The molecule has 0 saturated carbocycles. The highest BCUT2D eigenvalue weighted by molar-refractivity contribution is 7.92. The smallest absolute Gasteiger partial charge is 0.271 e. The van der Waals surface area contributed by atoms with Crippen molar-refractivity contribution in [2.24, 2.45) is 5.10 Å². The molecule has 3 aromatic carbocycles. The van der Waals surface area contributed by atoms with E-state index >= 15 is 0 Å². The van der Waals surface area contributed by atoms with Crippen LogP contribution >= 0.6 is 11.6 Å². The van der Waals surface area contributed by atoms with Gasteiger partial charge in [-0.25, -0.2) is 13.8 Å². The van der Waals surface area contributed by atoms with Gasteiger partial charge in [-0.3, -0.25) is 9.10 Å². The molecule has 33 heavy (non-hydrogen) atoms. The molecule has 0 heterocycles. The molecule has 3 aromatic rings. The van der Waals surface area contributed by atoms with Crippen LogP contribution in [0.3, 0.4) is 0 Å². The van der Waals surface area contributed by atoms with Gasteiger partial charge in [-0.2, -0.15) is 5.10 Å². The Bertz CT molecular complexity index is 1240. The first kappa shape index (κ1) is 24.3. The molecule has 0 bridgehead atoms. The molecule has 0 saturated heterocycles. The second-order valence-corrected chi connectivity index (χ2v) is 9.97. The summed E-state index contributed by atoms with van der Waals surface area (Å²) >= 11 is 6.02. The summed E-state index contributed by atoms with van der Waals surface area (Å²) in [6.07, 6.45) is 2.71. The van der Waals surface area contributed by atoms with Crippen LogP contribution in [0.25, 0.3) is 0 Å². The molecule has 1 amide bonds. The molecule has 1 N–H and O–H groups in total. The minimum absolute atomic E-state index is 0.113. The number of benzene rings is 3. The van der Waals surface area contributed by atoms with Crippen molar-refractivity contribution in [1.29, 1.82) is 0 Å². The van der Waals surface area contributed by atoms with E-state index in [2.05, 4.69) is 10.5 Å². The molecule has 0 unspecified atom stereocenters. The number of hydrazone groups is 1. The zero-order chi connectivity index (χ0) is 24.0. The average Bonchev–Trinajstić information content (AvgIpc) is 2.77. The summed E-state index contributed by atoms with van der Waals surface area (Å²) in [4.78, 5) is 14.4. The Morgan fingerprint density at radius 3 is 2.24 bits per heavy atom. The lowest BCUT2D eigenvalue weighted by Gasteiger charge is -2.22. The topological polar surface area (TPSA) is 82.1 Å². The van der Waals surface area contributed by atoms with Gasteiger partial charge < -0.3 is 4.90 Å². The Morgan fingerprint density at radius 2 is 1.67 bits per heavy atom. The third-order valence-electron chi connectivity index (χ3n) is 4.83. The van der Waals surface area contributed by atoms with Crippen molar-refractivity contribution >= 4 is 45.1 Å². The van der Waals surface area contributed by atoms with Gasteiger partial charge in [0.2, 0.25) is 10.0 Å². The lowest BCUT2D eigenvalue weighted by atomic mass is 10.1. The van der Waals surface area contributed by atoms with E-state index in [-0.39, 0.29) is 12.5 Å². The molecule has 0 aliphatic rings. The van der Waals surface area contributed by atoms with E-state index in [1.165, 1.54) is 4.31 Å². The zero-order valence-corrected chi connectivity index (χ0v) is 20.1. The fourth-order valence-corrected chi connectivity index (χ4v) is 4.11. The van der Waals surface area contributed by atoms with Crippen LogP contribution in [-0.4, -0.2) is 40.9 Å². The Labute approximate surface area is 199 Å². The van der Waals surface area contributed by atoms with Crippen LogP contribution in [0.1, 0.15) is 21.5 Å². The van der Waals surface area contributed by atoms with E-state index in [0.29, 0.717) is 16.3 Å². The number of carbonyl (C=O) groups is 1. The molecule has 0 aliphatic heterocycles. The van der Waals surface area contributed by atoms with E-state index in [4.69, 9.17) is 11.6 Å². The molecule has 3 rings (SSSR count). The van der Waals surface area contributed by atoms with Gasteiger partial charge in [0, 0.05) is 30.4 Å². The second kappa shape index (κ2) is 10.5. The normalized spacial score (nSPS) is 11.4. The average molecular weight is 485 g/mol. The van der Waals surface area contributed by atoms with Gasteiger partial charge >= 0.3 is 0 Å². The highest BCUT2D eigenvalue weighted by Gasteiger charge is 2.18. The monoisotopic (exact) mass is 484 g/mol. The first-order chi connectivity index (χ1) is 15.6. The van der Waals surface area contributed by atoms with Crippen LogP contribution < -0.4 is 14.6 Å². The predicted octanol–water partition coefficient (Wildman–Crippen LogP) is 4.14. The van der Waals surface area contributed by atoms with Crippen LogP contribution in [0.5, 0.6) is 0 Å². The number of nitrogens with zero attached hydrogens (tertiary/aromatic N) is 3. The maximum Gasteiger partial charge on any atom is 0.271 e. The number of rotatable bonds is 8. The molecule has 0 atom stereocenters. The van der Waals surface area contributed by atoms with Crippen molar-refractivity contribution in [1.82, 2.24) is 5.43 Å². The van der Waals surface area contributed by atoms with Crippen molar-refractivity contribution in [2.75, 3.05) is 29.6 Å². The molecule has 9 heteroatoms. The summed E-state index contributed by atoms with van der Waals surface area (Å²) in [7, 11) is 0.394. The van der Waals surface area contributed by atoms with Crippen LogP contribution in [0.15, 0.2) is 77.9 Å². The number of anilines is 2. The molecule has 0 aliphatic carbocycles. The first-order valence-corrected chi connectivity index (χ1v) is 12.3. The van der Waals surface area contributed by atoms with Gasteiger partial charge in [-0.1, -0.05) is 41.9 Å². The maximum atomic E-state index is 12.4. The number of hydrogen-bond donors (Lipinski definition) is 1. The Hall–Kier alpha value is -3.36. The predicted molar refractivity (Wildman–Crippen MR) is 135 cm³/mol. The van der Waals surface area contributed by atoms with E-state index in [1.54, 1.807) is 54.7 Å². The van der Waals surface area contributed by atoms with E-state index in [9.17, 15) is 13.2 Å².